The first-order valence-electron chi connectivity index (χ1n) is 5.94. The summed E-state index contributed by atoms with van der Waals surface area (Å²) in [5.74, 6) is -0.118. The van der Waals surface area contributed by atoms with Gasteiger partial charge in [-0.3, -0.25) is 4.79 Å². The number of nitrogen functional groups attached to an aromatic ring is 1. The van der Waals surface area contributed by atoms with E-state index in [0.717, 1.165) is 17.9 Å². The minimum atomic E-state index is -0.567. The number of hydrogen-bond donors (Lipinski definition) is 2. The lowest BCUT2D eigenvalue weighted by Crippen LogP contribution is -2.13. The number of carbonyl (C=O) groups is 1. The van der Waals surface area contributed by atoms with Gasteiger partial charge in [0.05, 0.1) is 0 Å². The minimum Gasteiger partial charge on any atom is -0.384 e. The summed E-state index contributed by atoms with van der Waals surface area (Å²) < 4.78 is 1.59. The highest BCUT2D eigenvalue weighted by Crippen LogP contribution is 2.12. The lowest BCUT2D eigenvalue weighted by Gasteiger charge is -2.04. The molecule has 0 fully saturated rings. The average molecular weight is 279 g/mol. The fourth-order valence-corrected chi connectivity index (χ4v) is 1.94. The van der Waals surface area contributed by atoms with Crippen LogP contribution in [0.3, 0.4) is 0 Å². The summed E-state index contributed by atoms with van der Waals surface area (Å²) >= 11 is 5.82. The smallest absolute Gasteiger partial charge is 0.269 e. The fraction of sp³-hybridized carbons (Fsp3) is 0.231. The molecule has 0 radical (unpaired) electrons. The zero-order chi connectivity index (χ0) is 13.8. The van der Waals surface area contributed by atoms with Crippen molar-refractivity contribution in [3.8, 4) is 0 Å². The van der Waals surface area contributed by atoms with Crippen LogP contribution in [0, 0.1) is 0 Å². The van der Waals surface area contributed by atoms with Gasteiger partial charge in [-0.25, -0.2) is 4.68 Å². The van der Waals surface area contributed by atoms with Crippen molar-refractivity contribution in [3.05, 3.63) is 46.6 Å². The lowest BCUT2D eigenvalue weighted by molar-refractivity contribution is 0.0994. The molecule has 0 atom stereocenters. The van der Waals surface area contributed by atoms with Crippen LogP contribution in [0.15, 0.2) is 30.3 Å². The first kappa shape index (κ1) is 13.4. The van der Waals surface area contributed by atoms with E-state index in [1.165, 1.54) is 11.6 Å². The standard InChI is InChI=1S/C13H15ClN4O/c14-10-5-3-9(4-6-10)2-1-7-18-12(15)8-11(17-18)13(16)19/h3-6,8H,1-2,7,15H2,(H2,16,19). The van der Waals surface area contributed by atoms with E-state index in [9.17, 15) is 4.79 Å². The number of nitrogens with zero attached hydrogens (tertiary/aromatic N) is 2. The molecule has 1 aromatic heterocycles. The van der Waals surface area contributed by atoms with Crippen LogP contribution in [0.4, 0.5) is 5.82 Å². The average Bonchev–Trinajstić information content (AvgIpc) is 2.74. The Bertz CT molecular complexity index is 577. The lowest BCUT2D eigenvalue weighted by atomic mass is 10.1. The van der Waals surface area contributed by atoms with E-state index in [-0.39, 0.29) is 5.69 Å². The van der Waals surface area contributed by atoms with Gasteiger partial charge >= 0.3 is 0 Å². The summed E-state index contributed by atoms with van der Waals surface area (Å²) in [6.07, 6.45) is 1.76. The summed E-state index contributed by atoms with van der Waals surface area (Å²) in [4.78, 5) is 11.0. The summed E-state index contributed by atoms with van der Waals surface area (Å²) in [5, 5.41) is 4.78. The quantitative estimate of drug-likeness (QED) is 0.875. The molecule has 6 heteroatoms. The topological polar surface area (TPSA) is 86.9 Å². The maximum atomic E-state index is 11.0. The Kier molecular flexibility index (Phi) is 4.06. The van der Waals surface area contributed by atoms with Crippen molar-refractivity contribution in [3.63, 3.8) is 0 Å². The Morgan fingerprint density at radius 2 is 2.00 bits per heavy atom. The number of aryl methyl sites for hydroxylation is 2. The van der Waals surface area contributed by atoms with Crippen LogP contribution in [0.25, 0.3) is 0 Å². The minimum absolute atomic E-state index is 0.198. The number of hydrogen-bond acceptors (Lipinski definition) is 3. The van der Waals surface area contributed by atoms with Gasteiger partial charge in [-0.1, -0.05) is 23.7 Å². The van der Waals surface area contributed by atoms with Crippen LogP contribution < -0.4 is 11.5 Å². The van der Waals surface area contributed by atoms with Gasteiger partial charge in [-0.15, -0.1) is 0 Å². The number of amides is 1. The maximum absolute atomic E-state index is 11.0. The van der Waals surface area contributed by atoms with Gasteiger partial charge in [-0.05, 0) is 30.5 Å². The molecule has 2 aromatic rings. The van der Waals surface area contributed by atoms with Gasteiger partial charge in [0, 0.05) is 17.6 Å². The van der Waals surface area contributed by atoms with Gasteiger partial charge in [0.15, 0.2) is 5.69 Å². The third kappa shape index (κ3) is 3.48. The third-order valence-electron chi connectivity index (χ3n) is 2.81. The number of carbonyl (C=O) groups excluding carboxylic acids is 1. The molecule has 0 aliphatic carbocycles. The highest BCUT2D eigenvalue weighted by atomic mass is 35.5. The Morgan fingerprint density at radius 1 is 1.32 bits per heavy atom. The molecule has 1 heterocycles. The molecular formula is C13H15ClN4O. The maximum Gasteiger partial charge on any atom is 0.269 e. The highest BCUT2D eigenvalue weighted by molar-refractivity contribution is 6.30. The van der Waals surface area contributed by atoms with Crippen LogP contribution in [0.1, 0.15) is 22.5 Å². The second kappa shape index (κ2) is 5.75. The van der Waals surface area contributed by atoms with Crippen LogP contribution >= 0.6 is 11.6 Å². The van der Waals surface area contributed by atoms with E-state index in [0.29, 0.717) is 12.4 Å². The van der Waals surface area contributed by atoms with Gasteiger partial charge in [0.2, 0.25) is 0 Å². The highest BCUT2D eigenvalue weighted by Gasteiger charge is 2.08. The largest absolute Gasteiger partial charge is 0.384 e. The van der Waals surface area contributed by atoms with E-state index in [1.54, 1.807) is 4.68 Å². The molecule has 5 nitrogen and oxygen atoms in total. The van der Waals surface area contributed by atoms with Crippen LogP contribution in [-0.2, 0) is 13.0 Å². The van der Waals surface area contributed by atoms with E-state index in [2.05, 4.69) is 5.10 Å². The first-order valence-corrected chi connectivity index (χ1v) is 6.31. The molecule has 0 aliphatic heterocycles. The zero-order valence-electron chi connectivity index (χ0n) is 10.3. The monoisotopic (exact) mass is 278 g/mol. The third-order valence-corrected chi connectivity index (χ3v) is 3.06. The number of halogens is 1. The molecule has 2 rings (SSSR count). The number of aromatic nitrogens is 2. The van der Waals surface area contributed by atoms with Gasteiger partial charge in [-0.2, -0.15) is 5.10 Å². The zero-order valence-corrected chi connectivity index (χ0v) is 11.1. The van der Waals surface area contributed by atoms with Crippen molar-refractivity contribution in [2.75, 3.05) is 5.73 Å². The Morgan fingerprint density at radius 3 is 2.58 bits per heavy atom. The van der Waals surface area contributed by atoms with Gasteiger partial charge in [0.1, 0.15) is 5.82 Å². The first-order chi connectivity index (χ1) is 9.06. The molecule has 19 heavy (non-hydrogen) atoms. The Hall–Kier alpha value is -2.01. The molecule has 1 amide bonds. The van der Waals surface area contributed by atoms with Crippen molar-refractivity contribution in [1.82, 2.24) is 9.78 Å². The molecule has 0 spiro atoms. The summed E-state index contributed by atoms with van der Waals surface area (Å²) in [7, 11) is 0. The molecular weight excluding hydrogens is 264 g/mol. The summed E-state index contributed by atoms with van der Waals surface area (Å²) in [6, 6.07) is 9.20. The van der Waals surface area contributed by atoms with E-state index >= 15 is 0 Å². The van der Waals surface area contributed by atoms with Crippen LogP contribution in [0.5, 0.6) is 0 Å². The van der Waals surface area contributed by atoms with E-state index in [4.69, 9.17) is 23.1 Å². The van der Waals surface area contributed by atoms with Crippen molar-refractivity contribution < 1.29 is 4.79 Å². The second-order valence-corrected chi connectivity index (χ2v) is 4.71. The Balaban J connectivity index is 1.92. The number of benzene rings is 1. The number of anilines is 1. The fourth-order valence-electron chi connectivity index (χ4n) is 1.81. The number of nitrogens with two attached hydrogens (primary N) is 2. The van der Waals surface area contributed by atoms with Crippen molar-refractivity contribution in [2.45, 2.75) is 19.4 Å². The Labute approximate surface area is 116 Å². The summed E-state index contributed by atoms with van der Waals surface area (Å²) in [6.45, 7) is 0.641. The van der Waals surface area contributed by atoms with E-state index < -0.39 is 5.91 Å². The molecule has 4 N–H and O–H groups in total. The predicted octanol–water partition coefficient (Wildman–Crippen LogP) is 1.85. The van der Waals surface area contributed by atoms with Crippen LogP contribution in [-0.4, -0.2) is 15.7 Å². The second-order valence-electron chi connectivity index (χ2n) is 4.27. The summed E-state index contributed by atoms with van der Waals surface area (Å²) in [5.41, 5.74) is 12.3. The molecule has 0 bridgehead atoms. The molecule has 0 aliphatic rings. The SMILES string of the molecule is NC(=O)c1cc(N)n(CCCc2ccc(Cl)cc2)n1. The molecule has 0 saturated heterocycles. The van der Waals surface area contributed by atoms with E-state index in [1.807, 2.05) is 24.3 Å². The van der Waals surface area contributed by atoms with Crippen molar-refractivity contribution >= 4 is 23.3 Å². The number of primary amides is 1. The van der Waals surface area contributed by atoms with Gasteiger partial charge in [0.25, 0.3) is 5.91 Å². The molecule has 100 valence electrons. The van der Waals surface area contributed by atoms with Gasteiger partial charge < -0.3 is 11.5 Å². The predicted molar refractivity (Wildman–Crippen MR) is 74.9 cm³/mol. The number of rotatable bonds is 5. The molecule has 1 aromatic carbocycles. The van der Waals surface area contributed by atoms with Crippen molar-refractivity contribution in [2.24, 2.45) is 5.73 Å². The van der Waals surface area contributed by atoms with Crippen molar-refractivity contribution in [1.29, 1.82) is 0 Å². The molecule has 0 saturated carbocycles. The normalized spacial score (nSPS) is 10.6. The van der Waals surface area contributed by atoms with Crippen LogP contribution in [0.2, 0.25) is 5.02 Å². The molecule has 0 unspecified atom stereocenters.